The number of aliphatic hydroxyl groups is 2. The maximum absolute atomic E-state index is 11.6. The summed E-state index contributed by atoms with van der Waals surface area (Å²) in [5.74, 6) is 0.282. The van der Waals surface area contributed by atoms with E-state index in [0.717, 1.165) is 5.56 Å². The lowest BCUT2D eigenvalue weighted by Gasteiger charge is -2.40. The van der Waals surface area contributed by atoms with Crippen LogP contribution in [0.15, 0.2) is 30.3 Å². The van der Waals surface area contributed by atoms with Crippen LogP contribution in [0.3, 0.4) is 0 Å². The highest BCUT2D eigenvalue weighted by atomic mass is 17.2. The van der Waals surface area contributed by atoms with Gasteiger partial charge in [-0.1, -0.05) is 0 Å². The normalized spacial score (nSPS) is 28.5. The van der Waals surface area contributed by atoms with Crippen molar-refractivity contribution in [1.82, 2.24) is 0 Å². The predicted octanol–water partition coefficient (Wildman–Crippen LogP) is 0.144. The Bertz CT molecular complexity index is 1340. The van der Waals surface area contributed by atoms with Crippen LogP contribution >= 0.6 is 0 Å². The van der Waals surface area contributed by atoms with Gasteiger partial charge in [-0.3, -0.25) is 9.59 Å². The summed E-state index contributed by atoms with van der Waals surface area (Å²) >= 11 is 0. The highest BCUT2D eigenvalue weighted by Gasteiger charge is 2.48. The zero-order valence-electron chi connectivity index (χ0n) is 22.1. The number of rotatable bonds is 10. The van der Waals surface area contributed by atoms with E-state index >= 15 is 0 Å². The lowest BCUT2D eigenvalue weighted by Crippen LogP contribution is -2.60. The number of fused-ring (bicyclic) bond motifs is 6. The molecular weight excluding hydrogens is 562 g/mol. The largest absolute Gasteiger partial charge is 0.492 e. The molecule has 2 aromatic carbocycles. The molecule has 0 aliphatic carbocycles. The minimum Gasteiger partial charge on any atom is -0.492 e. The summed E-state index contributed by atoms with van der Waals surface area (Å²) in [4.78, 5) is 33.4. The van der Waals surface area contributed by atoms with Crippen molar-refractivity contribution < 1.29 is 67.8 Å². The van der Waals surface area contributed by atoms with E-state index in [1.165, 1.54) is 0 Å². The Balaban J connectivity index is 1.13. The number of hydrogen-bond donors (Lipinski definition) is 4. The first kappa shape index (κ1) is 28.3. The van der Waals surface area contributed by atoms with Crippen LogP contribution in [0, 0.1) is 0 Å². The van der Waals surface area contributed by atoms with Crippen molar-refractivity contribution in [1.29, 1.82) is 0 Å². The standard InChI is InChI=1S/C27H29NO14/c28-3-4-34-27-26(24(33)23(32)20(40-27)10-36-22(31)8-21(29)30)42-41-12-1-2-16-14(5-12)25-15(9-35-16)13-6-18-19(38-11-37-18)7-17(13)39-25/h1-2,5-7,15,20,23-27,32-33H,3-4,8-11,28H2,(H,29,30)/t15-,20-,23-,24+,25-,26-,27-/m1/s1. The highest BCUT2D eigenvalue weighted by molar-refractivity contribution is 5.90. The Morgan fingerprint density at radius 1 is 0.976 bits per heavy atom. The number of aliphatic carboxylic acids is 1. The Labute approximate surface area is 238 Å². The summed E-state index contributed by atoms with van der Waals surface area (Å²) in [7, 11) is 0. The lowest BCUT2D eigenvalue weighted by molar-refractivity contribution is -0.372. The number of aliphatic hydroxyl groups excluding tert-OH is 2. The van der Waals surface area contributed by atoms with Crippen LogP contribution in [0.25, 0.3) is 0 Å². The van der Waals surface area contributed by atoms with Crippen molar-refractivity contribution in [2.24, 2.45) is 5.73 Å². The molecule has 0 spiro atoms. The Kier molecular flexibility index (Phi) is 7.94. The molecule has 5 N–H and O–H groups in total. The number of nitrogens with two attached hydrogens (primary N) is 1. The number of esters is 1. The number of hydrogen-bond acceptors (Lipinski definition) is 14. The van der Waals surface area contributed by atoms with Crippen LogP contribution in [0.1, 0.15) is 29.6 Å². The minimum atomic E-state index is -1.60. The van der Waals surface area contributed by atoms with Gasteiger partial charge in [0.25, 0.3) is 0 Å². The molecule has 226 valence electrons. The first-order valence-electron chi connectivity index (χ1n) is 13.2. The van der Waals surface area contributed by atoms with Gasteiger partial charge in [0.05, 0.1) is 19.1 Å². The zero-order chi connectivity index (χ0) is 29.4. The molecule has 7 atom stereocenters. The fraction of sp³-hybridized carbons (Fsp3) is 0.481. The summed E-state index contributed by atoms with van der Waals surface area (Å²) in [6.45, 7) is 0.148. The molecule has 1 saturated heterocycles. The molecule has 15 nitrogen and oxygen atoms in total. The van der Waals surface area contributed by atoms with Gasteiger partial charge in [-0.05, 0) is 24.3 Å². The third kappa shape index (κ3) is 5.49. The Morgan fingerprint density at radius 3 is 2.57 bits per heavy atom. The molecule has 42 heavy (non-hydrogen) atoms. The van der Waals surface area contributed by atoms with E-state index in [9.17, 15) is 19.8 Å². The maximum atomic E-state index is 11.6. The van der Waals surface area contributed by atoms with Gasteiger partial charge < -0.3 is 59.1 Å². The first-order valence-corrected chi connectivity index (χ1v) is 13.2. The molecular formula is C27H29NO14. The van der Waals surface area contributed by atoms with Crippen molar-refractivity contribution in [3.63, 3.8) is 0 Å². The second-order valence-corrected chi connectivity index (χ2v) is 9.98. The molecule has 0 unspecified atom stereocenters. The summed E-state index contributed by atoms with van der Waals surface area (Å²) in [6, 6.07) is 8.69. The third-order valence-corrected chi connectivity index (χ3v) is 7.23. The predicted molar refractivity (Wildman–Crippen MR) is 135 cm³/mol. The number of carboxylic acid groups (broad SMARTS) is 1. The molecule has 0 bridgehead atoms. The Hall–Kier alpha value is -3.86. The third-order valence-electron chi connectivity index (χ3n) is 7.23. The molecule has 6 rings (SSSR count). The zero-order valence-corrected chi connectivity index (χ0v) is 22.1. The van der Waals surface area contributed by atoms with Crippen LogP contribution in [0.4, 0.5) is 0 Å². The van der Waals surface area contributed by atoms with Crippen LogP contribution < -0.4 is 29.6 Å². The van der Waals surface area contributed by atoms with E-state index < -0.39 is 55.7 Å². The van der Waals surface area contributed by atoms with Gasteiger partial charge in [-0.15, -0.1) is 0 Å². The van der Waals surface area contributed by atoms with Crippen molar-refractivity contribution in [3.8, 4) is 28.7 Å². The van der Waals surface area contributed by atoms with Crippen LogP contribution in [-0.2, 0) is 28.7 Å². The molecule has 0 radical (unpaired) electrons. The smallest absolute Gasteiger partial charge is 0.317 e. The first-order chi connectivity index (χ1) is 20.3. The fourth-order valence-electron chi connectivity index (χ4n) is 5.21. The average molecular weight is 592 g/mol. The number of carbonyl (C=O) groups is 2. The van der Waals surface area contributed by atoms with Crippen LogP contribution in [0.2, 0.25) is 0 Å². The van der Waals surface area contributed by atoms with E-state index in [1.807, 2.05) is 6.07 Å². The number of benzene rings is 2. The van der Waals surface area contributed by atoms with Crippen LogP contribution in [0.5, 0.6) is 28.7 Å². The number of carboxylic acids is 1. The fourth-order valence-corrected chi connectivity index (χ4v) is 5.21. The molecule has 0 saturated carbocycles. The van der Waals surface area contributed by atoms with E-state index in [-0.39, 0.29) is 37.7 Å². The van der Waals surface area contributed by atoms with Crippen LogP contribution in [-0.4, -0.2) is 91.1 Å². The van der Waals surface area contributed by atoms with Crippen molar-refractivity contribution >= 4 is 11.9 Å². The van der Waals surface area contributed by atoms with Gasteiger partial charge in [-0.25, -0.2) is 0 Å². The van der Waals surface area contributed by atoms with E-state index in [1.54, 1.807) is 24.3 Å². The average Bonchev–Trinajstić information content (AvgIpc) is 3.58. The lowest BCUT2D eigenvalue weighted by atomic mass is 9.89. The molecule has 15 heteroatoms. The van der Waals surface area contributed by atoms with Crippen molar-refractivity contribution in [2.75, 3.05) is 33.2 Å². The molecule has 4 aliphatic heterocycles. The number of carbonyl (C=O) groups excluding carboxylic acids is 1. The minimum absolute atomic E-state index is 0.00945. The van der Waals surface area contributed by atoms with E-state index in [0.29, 0.717) is 35.2 Å². The number of ether oxygens (including phenoxy) is 7. The van der Waals surface area contributed by atoms with Gasteiger partial charge >= 0.3 is 11.9 Å². The van der Waals surface area contributed by atoms with Gasteiger partial charge in [0.15, 0.2) is 29.6 Å². The summed E-state index contributed by atoms with van der Waals surface area (Å²) < 4.78 is 39.3. The van der Waals surface area contributed by atoms with Gasteiger partial charge in [0.1, 0.15) is 48.9 Å². The van der Waals surface area contributed by atoms with Crippen molar-refractivity contribution in [3.05, 3.63) is 41.5 Å². The van der Waals surface area contributed by atoms with Gasteiger partial charge in [0, 0.05) is 23.7 Å². The monoisotopic (exact) mass is 591 g/mol. The summed E-state index contributed by atoms with van der Waals surface area (Å²) in [5, 5.41) is 30.1. The van der Waals surface area contributed by atoms with Gasteiger partial charge in [-0.2, -0.15) is 4.89 Å². The van der Waals surface area contributed by atoms with E-state index in [2.05, 4.69) is 0 Å². The molecule has 1 fully saturated rings. The quantitative estimate of drug-likeness (QED) is 0.126. The highest BCUT2D eigenvalue weighted by Crippen LogP contribution is 2.54. The topological polar surface area (TPSA) is 204 Å². The molecule has 4 heterocycles. The maximum Gasteiger partial charge on any atom is 0.317 e. The second kappa shape index (κ2) is 11.8. The SMILES string of the molecule is NCCO[C@@H]1O[C@H](COC(=O)CC(=O)O)[C@@H](O)[C@H](O)[C@H]1OOc1ccc2c(c1)[C@H]1Oc3cc4c(cc3[C@H]1CO2)OCO4. The summed E-state index contributed by atoms with van der Waals surface area (Å²) in [5.41, 5.74) is 7.19. The molecule has 2 aromatic rings. The molecule has 0 amide bonds. The Morgan fingerprint density at radius 2 is 1.79 bits per heavy atom. The molecule has 0 aromatic heterocycles. The molecule has 4 aliphatic rings. The summed E-state index contributed by atoms with van der Waals surface area (Å²) in [6.07, 6.45) is -8.29. The van der Waals surface area contributed by atoms with E-state index in [4.69, 9.17) is 53.8 Å². The second-order valence-electron chi connectivity index (χ2n) is 9.98. The van der Waals surface area contributed by atoms with Gasteiger partial charge in [0.2, 0.25) is 6.79 Å². The van der Waals surface area contributed by atoms with Crippen molar-refractivity contribution in [2.45, 2.75) is 49.1 Å².